The van der Waals surface area contributed by atoms with Gasteiger partial charge in [-0.05, 0) is 46.0 Å². The van der Waals surface area contributed by atoms with Crippen LogP contribution in [0.25, 0.3) is 0 Å². The summed E-state index contributed by atoms with van der Waals surface area (Å²) in [6, 6.07) is 0. The maximum Gasteiger partial charge on any atom is 0.347 e. The second-order valence-corrected chi connectivity index (χ2v) is 4.79. The molecule has 4 nitrogen and oxygen atoms in total. The highest BCUT2D eigenvalue weighted by atomic mass is 16.6. The van der Waals surface area contributed by atoms with Gasteiger partial charge in [0.05, 0.1) is 6.61 Å². The number of rotatable bonds is 9. The Balaban J connectivity index is 3.67. The third-order valence-electron chi connectivity index (χ3n) is 2.66. The minimum absolute atomic E-state index is 0.258. The van der Waals surface area contributed by atoms with Crippen LogP contribution in [0.2, 0.25) is 0 Å². The number of hydrogen-bond acceptors (Lipinski definition) is 4. The van der Waals surface area contributed by atoms with Gasteiger partial charge < -0.3 is 9.47 Å². The average molecular weight is 256 g/mol. The lowest BCUT2D eigenvalue weighted by atomic mass is 10.0. The zero-order chi connectivity index (χ0) is 14.0. The number of allylic oxidation sites excluding steroid dienone is 2. The summed E-state index contributed by atoms with van der Waals surface area (Å²) in [6.45, 7) is 8.43. The molecule has 0 aliphatic heterocycles. The number of ether oxygens (including phenoxy) is 2. The lowest BCUT2D eigenvalue weighted by Crippen LogP contribution is -2.23. The predicted molar refractivity (Wildman–Crippen MR) is 70.0 cm³/mol. The highest BCUT2D eigenvalue weighted by molar-refractivity contribution is 5.75. The van der Waals surface area contributed by atoms with E-state index in [-0.39, 0.29) is 6.47 Å². The molecule has 0 rings (SSSR count). The van der Waals surface area contributed by atoms with Crippen molar-refractivity contribution in [3.8, 4) is 0 Å². The number of carbonyl (C=O) groups is 2. The summed E-state index contributed by atoms with van der Waals surface area (Å²) in [4.78, 5) is 21.3. The van der Waals surface area contributed by atoms with E-state index in [1.807, 2.05) is 0 Å². The van der Waals surface area contributed by atoms with Gasteiger partial charge in [0.2, 0.25) is 0 Å². The Morgan fingerprint density at radius 3 is 2.44 bits per heavy atom. The molecule has 18 heavy (non-hydrogen) atoms. The molecule has 104 valence electrons. The maximum atomic E-state index is 11.3. The molecule has 4 heteroatoms. The third-order valence-corrected chi connectivity index (χ3v) is 2.66. The molecule has 2 atom stereocenters. The van der Waals surface area contributed by atoms with Gasteiger partial charge in [0.25, 0.3) is 6.47 Å². The average Bonchev–Trinajstić information content (AvgIpc) is 2.28. The Kier molecular flexibility index (Phi) is 8.97. The van der Waals surface area contributed by atoms with E-state index in [2.05, 4.69) is 31.6 Å². The van der Waals surface area contributed by atoms with Crippen molar-refractivity contribution in [3.63, 3.8) is 0 Å². The molecule has 0 saturated carbocycles. The van der Waals surface area contributed by atoms with E-state index >= 15 is 0 Å². The molecule has 0 N–H and O–H groups in total. The molecule has 0 heterocycles. The first-order chi connectivity index (χ1) is 8.47. The Bertz CT molecular complexity index is 280. The van der Waals surface area contributed by atoms with Crippen molar-refractivity contribution in [1.29, 1.82) is 0 Å². The van der Waals surface area contributed by atoms with Crippen LogP contribution in [0.15, 0.2) is 11.6 Å². The van der Waals surface area contributed by atoms with E-state index in [9.17, 15) is 9.59 Å². The highest BCUT2D eigenvalue weighted by Gasteiger charge is 2.15. The molecule has 0 aliphatic rings. The summed E-state index contributed by atoms with van der Waals surface area (Å²) >= 11 is 0. The number of hydrogen-bond donors (Lipinski definition) is 0. The van der Waals surface area contributed by atoms with Crippen molar-refractivity contribution in [2.45, 2.75) is 53.1 Å². The number of carbonyl (C=O) groups excluding carboxylic acids is 2. The summed E-state index contributed by atoms with van der Waals surface area (Å²) in [5, 5.41) is 0. The SMILES string of the molecule is CC(C)=CCCC(C)CCOC(=O)C(C)OC=O. The second kappa shape index (κ2) is 9.68. The topological polar surface area (TPSA) is 52.6 Å². The van der Waals surface area contributed by atoms with Crippen LogP contribution in [0.5, 0.6) is 0 Å². The van der Waals surface area contributed by atoms with Gasteiger partial charge in [0, 0.05) is 0 Å². The lowest BCUT2D eigenvalue weighted by Gasteiger charge is -2.12. The van der Waals surface area contributed by atoms with Crippen LogP contribution in [0.1, 0.15) is 47.0 Å². The normalized spacial score (nSPS) is 13.3. The number of esters is 1. The van der Waals surface area contributed by atoms with Crippen molar-refractivity contribution in [2.24, 2.45) is 5.92 Å². The van der Waals surface area contributed by atoms with E-state index < -0.39 is 12.1 Å². The standard InChI is InChI=1S/C14H24O4/c1-11(2)6-5-7-12(3)8-9-17-14(16)13(4)18-10-15/h6,10,12-13H,5,7-9H2,1-4H3. The zero-order valence-corrected chi connectivity index (χ0v) is 11.8. The van der Waals surface area contributed by atoms with Crippen LogP contribution in [-0.4, -0.2) is 25.2 Å². The molecule has 0 amide bonds. The Morgan fingerprint density at radius 2 is 1.89 bits per heavy atom. The molecule has 0 fully saturated rings. The monoisotopic (exact) mass is 256 g/mol. The molecule has 0 aliphatic carbocycles. The van der Waals surface area contributed by atoms with Crippen LogP contribution in [0.4, 0.5) is 0 Å². The Hall–Kier alpha value is -1.32. The molecule has 0 aromatic heterocycles. The molecular weight excluding hydrogens is 232 g/mol. The molecule has 0 aromatic rings. The van der Waals surface area contributed by atoms with E-state index in [0.717, 1.165) is 19.3 Å². The fourth-order valence-electron chi connectivity index (χ4n) is 1.42. The van der Waals surface area contributed by atoms with Gasteiger partial charge in [-0.15, -0.1) is 0 Å². The molecule has 0 bridgehead atoms. The minimum atomic E-state index is -0.816. The van der Waals surface area contributed by atoms with E-state index in [1.165, 1.54) is 12.5 Å². The third kappa shape index (κ3) is 8.79. The van der Waals surface area contributed by atoms with Gasteiger partial charge in [0.1, 0.15) is 0 Å². The van der Waals surface area contributed by atoms with Crippen LogP contribution in [0, 0.1) is 5.92 Å². The van der Waals surface area contributed by atoms with Gasteiger partial charge in [0.15, 0.2) is 6.10 Å². The van der Waals surface area contributed by atoms with Crippen molar-refractivity contribution < 1.29 is 19.1 Å². The first kappa shape index (κ1) is 16.7. The zero-order valence-electron chi connectivity index (χ0n) is 11.8. The van der Waals surface area contributed by atoms with Gasteiger partial charge in [-0.1, -0.05) is 18.6 Å². The van der Waals surface area contributed by atoms with E-state index in [4.69, 9.17) is 4.74 Å². The van der Waals surface area contributed by atoms with Crippen LogP contribution < -0.4 is 0 Å². The van der Waals surface area contributed by atoms with Crippen molar-refractivity contribution in [2.75, 3.05) is 6.61 Å². The molecule has 0 aromatic carbocycles. The summed E-state index contributed by atoms with van der Waals surface area (Å²) < 4.78 is 9.51. The maximum absolute atomic E-state index is 11.3. The summed E-state index contributed by atoms with van der Waals surface area (Å²) in [7, 11) is 0. The van der Waals surface area contributed by atoms with Crippen LogP contribution in [0.3, 0.4) is 0 Å². The molecule has 0 saturated heterocycles. The van der Waals surface area contributed by atoms with Gasteiger partial charge in [-0.2, -0.15) is 0 Å². The molecule has 0 spiro atoms. The quantitative estimate of drug-likeness (QED) is 0.361. The van der Waals surface area contributed by atoms with Crippen LogP contribution in [-0.2, 0) is 19.1 Å². The lowest BCUT2D eigenvalue weighted by molar-refractivity contribution is -0.160. The fourth-order valence-corrected chi connectivity index (χ4v) is 1.42. The molecular formula is C14H24O4. The van der Waals surface area contributed by atoms with Gasteiger partial charge in [-0.3, -0.25) is 4.79 Å². The Labute approximate surface area is 109 Å². The van der Waals surface area contributed by atoms with Crippen LogP contribution >= 0.6 is 0 Å². The first-order valence-corrected chi connectivity index (χ1v) is 6.36. The van der Waals surface area contributed by atoms with Crippen molar-refractivity contribution >= 4 is 12.4 Å². The molecule has 0 radical (unpaired) electrons. The Morgan fingerprint density at radius 1 is 1.22 bits per heavy atom. The fraction of sp³-hybridized carbons (Fsp3) is 0.714. The summed E-state index contributed by atoms with van der Waals surface area (Å²) in [5.74, 6) is 0.0225. The van der Waals surface area contributed by atoms with E-state index in [0.29, 0.717) is 12.5 Å². The van der Waals surface area contributed by atoms with Gasteiger partial charge in [-0.25, -0.2) is 4.79 Å². The first-order valence-electron chi connectivity index (χ1n) is 6.36. The largest absolute Gasteiger partial charge is 0.463 e. The van der Waals surface area contributed by atoms with Crippen molar-refractivity contribution in [1.82, 2.24) is 0 Å². The smallest absolute Gasteiger partial charge is 0.347 e. The highest BCUT2D eigenvalue weighted by Crippen LogP contribution is 2.12. The minimum Gasteiger partial charge on any atom is -0.463 e. The second-order valence-electron chi connectivity index (χ2n) is 4.79. The summed E-state index contributed by atoms with van der Waals surface area (Å²) in [6.07, 6.45) is 4.37. The predicted octanol–water partition coefficient (Wildman–Crippen LogP) is 2.86. The van der Waals surface area contributed by atoms with Crippen molar-refractivity contribution in [3.05, 3.63) is 11.6 Å². The van der Waals surface area contributed by atoms with Gasteiger partial charge >= 0.3 is 5.97 Å². The van der Waals surface area contributed by atoms with E-state index in [1.54, 1.807) is 0 Å². The summed E-state index contributed by atoms with van der Waals surface area (Å²) in [5.41, 5.74) is 1.33. The molecule has 2 unspecified atom stereocenters.